The molecular weight excluding hydrogens is 378 g/mol. The number of anilines is 1. The summed E-state index contributed by atoms with van der Waals surface area (Å²) in [5.74, 6) is 0.151. The van der Waals surface area contributed by atoms with Gasteiger partial charge >= 0.3 is 16.2 Å². The summed E-state index contributed by atoms with van der Waals surface area (Å²) in [6, 6.07) is 12.5. The summed E-state index contributed by atoms with van der Waals surface area (Å²) in [4.78, 5) is 15.8. The lowest BCUT2D eigenvalue weighted by atomic mass is 10.2. The molecule has 2 aromatic rings. The Hall–Kier alpha value is -2.72. The van der Waals surface area contributed by atoms with Gasteiger partial charge in [0.1, 0.15) is 10.6 Å². The molecule has 136 valence electrons. The van der Waals surface area contributed by atoms with Crippen molar-refractivity contribution in [3.8, 4) is 5.75 Å². The van der Waals surface area contributed by atoms with Crippen molar-refractivity contribution in [3.63, 3.8) is 0 Å². The van der Waals surface area contributed by atoms with Gasteiger partial charge in [0, 0.05) is 18.0 Å². The van der Waals surface area contributed by atoms with Gasteiger partial charge in [-0.3, -0.25) is 5.32 Å². The van der Waals surface area contributed by atoms with Crippen molar-refractivity contribution in [2.24, 2.45) is 4.99 Å². The second-order valence-corrected chi connectivity index (χ2v) is 7.34. The standard InChI is InChI=1S/C16H15N3O5S2/c1-2-23-16(20)18-15-17-13-9-8-11(10-14(13)19-25-15)24-26(21,22)12-6-4-3-5-7-12/h3-10,19H,2H2,1H3,(H,17,18,20). The van der Waals surface area contributed by atoms with Crippen molar-refractivity contribution in [2.45, 2.75) is 11.8 Å². The third-order valence-corrected chi connectivity index (χ3v) is 5.14. The molecule has 1 aliphatic heterocycles. The van der Waals surface area contributed by atoms with Crippen LogP contribution in [0, 0.1) is 0 Å². The van der Waals surface area contributed by atoms with E-state index >= 15 is 0 Å². The molecule has 0 spiro atoms. The molecule has 2 aromatic carbocycles. The van der Waals surface area contributed by atoms with E-state index in [1.54, 1.807) is 31.2 Å². The molecule has 0 atom stereocenters. The predicted molar refractivity (Wildman–Crippen MR) is 99.2 cm³/mol. The van der Waals surface area contributed by atoms with Gasteiger partial charge in [-0.05, 0) is 31.2 Å². The lowest BCUT2D eigenvalue weighted by molar-refractivity contribution is 0.158. The fourth-order valence-corrected chi connectivity index (χ4v) is 3.64. The van der Waals surface area contributed by atoms with Gasteiger partial charge in [-0.25, -0.2) is 9.79 Å². The van der Waals surface area contributed by atoms with Gasteiger partial charge in [0.25, 0.3) is 0 Å². The predicted octanol–water partition coefficient (Wildman–Crippen LogP) is 3.26. The van der Waals surface area contributed by atoms with E-state index in [2.05, 4.69) is 15.0 Å². The van der Waals surface area contributed by atoms with Gasteiger partial charge in [-0.15, -0.1) is 0 Å². The van der Waals surface area contributed by atoms with Crippen LogP contribution in [0.2, 0.25) is 0 Å². The van der Waals surface area contributed by atoms with Crippen molar-refractivity contribution in [3.05, 3.63) is 48.5 Å². The van der Waals surface area contributed by atoms with Crippen LogP contribution in [0.15, 0.2) is 58.4 Å². The average Bonchev–Trinajstić information content (AvgIpc) is 2.62. The molecule has 26 heavy (non-hydrogen) atoms. The summed E-state index contributed by atoms with van der Waals surface area (Å²) in [6.07, 6.45) is -0.599. The Balaban J connectivity index is 1.77. The number of amides is 1. The molecule has 0 bridgehead atoms. The highest BCUT2D eigenvalue weighted by atomic mass is 32.2. The summed E-state index contributed by atoms with van der Waals surface area (Å²) in [7, 11) is -3.92. The van der Waals surface area contributed by atoms with Crippen molar-refractivity contribution in [2.75, 3.05) is 11.3 Å². The first kappa shape index (κ1) is 18.1. The maximum absolute atomic E-state index is 12.3. The quantitative estimate of drug-likeness (QED) is 0.606. The summed E-state index contributed by atoms with van der Waals surface area (Å²) in [6.45, 7) is 1.96. The Kier molecular flexibility index (Phi) is 5.33. The molecule has 8 nitrogen and oxygen atoms in total. The number of alkyl carbamates (subject to hydrolysis) is 1. The minimum absolute atomic E-state index is 0.0685. The Morgan fingerprint density at radius 3 is 2.73 bits per heavy atom. The van der Waals surface area contributed by atoms with E-state index in [4.69, 9.17) is 8.92 Å². The molecule has 1 heterocycles. The minimum atomic E-state index is -3.92. The first-order chi connectivity index (χ1) is 12.5. The Morgan fingerprint density at radius 2 is 2.00 bits per heavy atom. The topological polar surface area (TPSA) is 106 Å². The number of nitrogens with zero attached hydrogens (tertiary/aromatic N) is 1. The third-order valence-electron chi connectivity index (χ3n) is 3.17. The fraction of sp³-hybridized carbons (Fsp3) is 0.125. The summed E-state index contributed by atoms with van der Waals surface area (Å²) in [5, 5.41) is 2.82. The SMILES string of the molecule is CCOC(=O)NC1=Nc2ccc(OS(=O)(=O)c3ccccc3)cc2NS1. The van der Waals surface area contributed by atoms with Gasteiger partial charge in [0.15, 0.2) is 5.17 Å². The first-order valence-electron chi connectivity index (χ1n) is 7.57. The number of carbonyl (C=O) groups excluding carboxylic acids is 1. The number of hydrogen-bond donors (Lipinski definition) is 2. The maximum atomic E-state index is 12.3. The second-order valence-electron chi connectivity index (χ2n) is 5.00. The van der Waals surface area contributed by atoms with Crippen LogP contribution in [0.3, 0.4) is 0 Å². The molecular formula is C16H15N3O5S2. The molecule has 0 saturated carbocycles. The van der Waals surface area contributed by atoms with Crippen LogP contribution in [0.25, 0.3) is 0 Å². The summed E-state index contributed by atoms with van der Waals surface area (Å²) in [5.41, 5.74) is 1.09. The number of fused-ring (bicyclic) bond motifs is 1. The molecule has 0 unspecified atom stereocenters. The van der Waals surface area contributed by atoms with Crippen LogP contribution < -0.4 is 14.2 Å². The second kappa shape index (κ2) is 7.67. The van der Waals surface area contributed by atoms with Crippen LogP contribution in [-0.2, 0) is 14.9 Å². The number of rotatable bonds is 4. The van der Waals surface area contributed by atoms with Crippen LogP contribution in [0.4, 0.5) is 16.2 Å². The van der Waals surface area contributed by atoms with Gasteiger partial charge in [-0.2, -0.15) is 8.42 Å². The highest BCUT2D eigenvalue weighted by molar-refractivity contribution is 8.15. The fourth-order valence-electron chi connectivity index (χ4n) is 2.05. The van der Waals surface area contributed by atoms with E-state index < -0.39 is 16.2 Å². The van der Waals surface area contributed by atoms with Crippen LogP contribution >= 0.6 is 11.9 Å². The number of amidine groups is 1. The van der Waals surface area contributed by atoms with Crippen LogP contribution in [0.5, 0.6) is 5.75 Å². The summed E-state index contributed by atoms with van der Waals surface area (Å²) >= 11 is 1.07. The van der Waals surface area contributed by atoms with Crippen molar-refractivity contribution >= 4 is 44.7 Å². The van der Waals surface area contributed by atoms with E-state index in [-0.39, 0.29) is 17.3 Å². The minimum Gasteiger partial charge on any atom is -0.450 e. The van der Waals surface area contributed by atoms with E-state index in [0.29, 0.717) is 16.5 Å². The van der Waals surface area contributed by atoms with E-state index in [0.717, 1.165) is 11.9 Å². The number of benzene rings is 2. The molecule has 0 saturated heterocycles. The Bertz CT molecular complexity index is 946. The number of aliphatic imine (C=N–C) groups is 1. The summed E-state index contributed by atoms with van der Waals surface area (Å²) < 4.78 is 37.5. The van der Waals surface area contributed by atoms with E-state index in [9.17, 15) is 13.2 Å². The maximum Gasteiger partial charge on any atom is 0.413 e. The van der Waals surface area contributed by atoms with Crippen molar-refractivity contribution < 1.29 is 22.1 Å². The lowest BCUT2D eigenvalue weighted by Crippen LogP contribution is -2.30. The molecule has 10 heteroatoms. The first-order valence-corrected chi connectivity index (χ1v) is 9.79. The smallest absolute Gasteiger partial charge is 0.413 e. The largest absolute Gasteiger partial charge is 0.450 e. The zero-order valence-corrected chi connectivity index (χ0v) is 15.3. The molecule has 1 amide bonds. The molecule has 2 N–H and O–H groups in total. The highest BCUT2D eigenvalue weighted by Crippen LogP contribution is 2.36. The van der Waals surface area contributed by atoms with Crippen molar-refractivity contribution in [1.82, 2.24) is 5.32 Å². The molecule has 0 aromatic heterocycles. The van der Waals surface area contributed by atoms with Gasteiger partial charge in [-0.1, -0.05) is 18.2 Å². The van der Waals surface area contributed by atoms with Crippen LogP contribution in [-0.4, -0.2) is 26.3 Å². The average molecular weight is 393 g/mol. The van der Waals surface area contributed by atoms with E-state index in [1.165, 1.54) is 24.3 Å². The number of hydrogen-bond acceptors (Lipinski definition) is 8. The van der Waals surface area contributed by atoms with E-state index in [1.807, 2.05) is 0 Å². The third kappa shape index (κ3) is 4.27. The van der Waals surface area contributed by atoms with Gasteiger partial charge < -0.3 is 13.6 Å². The number of ether oxygens (including phenoxy) is 1. The van der Waals surface area contributed by atoms with Crippen molar-refractivity contribution in [1.29, 1.82) is 0 Å². The number of nitrogens with one attached hydrogen (secondary N) is 2. The molecule has 1 aliphatic rings. The molecule has 3 rings (SSSR count). The Morgan fingerprint density at radius 1 is 1.23 bits per heavy atom. The number of carbonyl (C=O) groups is 1. The normalized spacial score (nSPS) is 13.0. The van der Waals surface area contributed by atoms with Gasteiger partial charge in [0.05, 0.1) is 18.0 Å². The monoisotopic (exact) mass is 393 g/mol. The van der Waals surface area contributed by atoms with Crippen LogP contribution in [0.1, 0.15) is 6.92 Å². The zero-order valence-electron chi connectivity index (χ0n) is 13.6. The molecule has 0 radical (unpaired) electrons. The highest BCUT2D eigenvalue weighted by Gasteiger charge is 2.19. The molecule has 0 fully saturated rings. The lowest BCUT2D eigenvalue weighted by Gasteiger charge is -2.17. The zero-order chi connectivity index (χ0) is 18.6. The molecule has 0 aliphatic carbocycles. The Labute approximate surface area is 154 Å². The van der Waals surface area contributed by atoms with Gasteiger partial charge in [0.2, 0.25) is 0 Å².